The summed E-state index contributed by atoms with van der Waals surface area (Å²) >= 11 is 0. The molecule has 1 aliphatic carbocycles. The molecule has 0 bridgehead atoms. The van der Waals surface area contributed by atoms with E-state index in [4.69, 9.17) is 5.73 Å². The summed E-state index contributed by atoms with van der Waals surface area (Å²) in [7, 11) is 0. The van der Waals surface area contributed by atoms with Crippen LogP contribution in [0.4, 0.5) is 11.4 Å². The van der Waals surface area contributed by atoms with Crippen LogP contribution >= 0.6 is 0 Å². The molecule has 3 N–H and O–H groups in total. The maximum absolute atomic E-state index is 12.7. The summed E-state index contributed by atoms with van der Waals surface area (Å²) < 4.78 is 0. The smallest absolute Gasteiger partial charge is 0.255 e. The summed E-state index contributed by atoms with van der Waals surface area (Å²) in [6.45, 7) is 0. The van der Waals surface area contributed by atoms with Gasteiger partial charge in [-0.15, -0.1) is 0 Å². The molecule has 3 heteroatoms. The number of hydrogen-bond acceptors (Lipinski definition) is 2. The Hall–Kier alpha value is -3.07. The lowest BCUT2D eigenvalue weighted by molar-refractivity contribution is 0.102. The highest BCUT2D eigenvalue weighted by molar-refractivity contribution is 6.07. The minimum atomic E-state index is -0.0839. The lowest BCUT2D eigenvalue weighted by atomic mass is 10.0. The average molecular weight is 300 g/mol. The molecule has 1 aliphatic rings. The summed E-state index contributed by atoms with van der Waals surface area (Å²) in [4.78, 5) is 12.7. The van der Waals surface area contributed by atoms with Crippen molar-refractivity contribution in [1.29, 1.82) is 0 Å². The van der Waals surface area contributed by atoms with Gasteiger partial charge in [-0.2, -0.15) is 0 Å². The molecule has 0 atom stereocenters. The molecule has 4 rings (SSSR count). The number of rotatable bonds is 2. The number of nitrogens with one attached hydrogen (secondary N) is 1. The van der Waals surface area contributed by atoms with E-state index in [9.17, 15) is 4.79 Å². The Labute approximate surface area is 134 Å². The van der Waals surface area contributed by atoms with Crippen molar-refractivity contribution in [2.45, 2.75) is 6.42 Å². The van der Waals surface area contributed by atoms with Crippen LogP contribution in [-0.2, 0) is 6.42 Å². The third-order valence-corrected chi connectivity index (χ3v) is 4.26. The average Bonchev–Trinajstić information content (AvgIpc) is 2.95. The number of benzene rings is 3. The predicted molar refractivity (Wildman–Crippen MR) is 93.5 cm³/mol. The second-order valence-electron chi connectivity index (χ2n) is 5.74. The molecule has 0 fully saturated rings. The molecule has 0 unspecified atom stereocenters. The van der Waals surface area contributed by atoms with Crippen LogP contribution in [-0.4, -0.2) is 5.91 Å². The highest BCUT2D eigenvalue weighted by Gasteiger charge is 2.23. The molecule has 112 valence electrons. The summed E-state index contributed by atoms with van der Waals surface area (Å²) in [6, 6.07) is 21.4. The minimum absolute atomic E-state index is 0.0839. The maximum atomic E-state index is 12.7. The quantitative estimate of drug-likeness (QED) is 0.548. The maximum Gasteiger partial charge on any atom is 0.255 e. The van der Waals surface area contributed by atoms with E-state index in [0.717, 1.165) is 28.8 Å². The third kappa shape index (κ3) is 2.36. The predicted octanol–water partition coefficient (Wildman–Crippen LogP) is 4.09. The van der Waals surface area contributed by atoms with Crippen molar-refractivity contribution in [3.63, 3.8) is 0 Å². The number of fused-ring (bicyclic) bond motifs is 3. The van der Waals surface area contributed by atoms with Gasteiger partial charge < -0.3 is 11.1 Å². The summed E-state index contributed by atoms with van der Waals surface area (Å²) in [6.07, 6.45) is 0.802. The Morgan fingerprint density at radius 2 is 1.61 bits per heavy atom. The number of nitrogens with two attached hydrogens (primary N) is 1. The zero-order valence-corrected chi connectivity index (χ0v) is 12.5. The minimum Gasteiger partial charge on any atom is -0.399 e. The third-order valence-electron chi connectivity index (χ3n) is 4.26. The van der Waals surface area contributed by atoms with Crippen LogP contribution in [0.5, 0.6) is 0 Å². The highest BCUT2D eigenvalue weighted by Crippen LogP contribution is 2.38. The highest BCUT2D eigenvalue weighted by atomic mass is 16.1. The molecule has 0 saturated carbocycles. The van der Waals surface area contributed by atoms with E-state index < -0.39 is 0 Å². The summed E-state index contributed by atoms with van der Waals surface area (Å²) in [5.74, 6) is -0.0839. The fourth-order valence-corrected chi connectivity index (χ4v) is 3.13. The van der Waals surface area contributed by atoms with Crippen molar-refractivity contribution in [2.24, 2.45) is 0 Å². The molecule has 3 aromatic carbocycles. The number of nitrogen functional groups attached to an aromatic ring is 1. The van der Waals surface area contributed by atoms with E-state index in [1.807, 2.05) is 36.4 Å². The van der Waals surface area contributed by atoms with Gasteiger partial charge in [-0.25, -0.2) is 0 Å². The van der Waals surface area contributed by atoms with Crippen LogP contribution in [0.3, 0.4) is 0 Å². The van der Waals surface area contributed by atoms with Crippen molar-refractivity contribution in [3.8, 4) is 11.1 Å². The van der Waals surface area contributed by atoms with Crippen molar-refractivity contribution in [2.75, 3.05) is 11.1 Å². The second-order valence-corrected chi connectivity index (χ2v) is 5.74. The first kappa shape index (κ1) is 13.6. The Morgan fingerprint density at radius 3 is 2.43 bits per heavy atom. The molecule has 3 nitrogen and oxygen atoms in total. The van der Waals surface area contributed by atoms with Gasteiger partial charge >= 0.3 is 0 Å². The van der Waals surface area contributed by atoms with Crippen LogP contribution in [0.1, 0.15) is 21.5 Å². The van der Waals surface area contributed by atoms with Gasteiger partial charge in [0.25, 0.3) is 5.91 Å². The molecular weight excluding hydrogens is 284 g/mol. The SMILES string of the molecule is Nc1ccc(NC(=O)c2cccc3c2Cc2ccccc2-3)cc1. The summed E-state index contributed by atoms with van der Waals surface area (Å²) in [5, 5.41) is 2.95. The van der Waals surface area contributed by atoms with E-state index in [2.05, 4.69) is 23.5 Å². The fourth-order valence-electron chi connectivity index (χ4n) is 3.13. The van der Waals surface area contributed by atoms with Crippen molar-refractivity contribution in [3.05, 3.63) is 83.4 Å². The Bertz CT molecular complexity index is 898. The zero-order valence-electron chi connectivity index (χ0n) is 12.5. The number of carbonyl (C=O) groups excluding carboxylic acids is 1. The summed E-state index contributed by atoms with van der Waals surface area (Å²) in [5.41, 5.74) is 12.6. The van der Waals surface area contributed by atoms with Gasteiger partial charge in [0, 0.05) is 16.9 Å². The van der Waals surface area contributed by atoms with E-state index in [1.165, 1.54) is 11.1 Å². The monoisotopic (exact) mass is 300 g/mol. The molecule has 3 aromatic rings. The normalized spacial score (nSPS) is 11.7. The number of anilines is 2. The van der Waals surface area contributed by atoms with Crippen LogP contribution in [0.15, 0.2) is 66.7 Å². The molecule has 1 amide bonds. The van der Waals surface area contributed by atoms with Gasteiger partial charge in [0.2, 0.25) is 0 Å². The number of hydrogen-bond donors (Lipinski definition) is 2. The van der Waals surface area contributed by atoms with E-state index in [1.54, 1.807) is 12.1 Å². The molecule has 0 heterocycles. The van der Waals surface area contributed by atoms with E-state index in [-0.39, 0.29) is 5.91 Å². The molecule has 0 spiro atoms. The molecule has 0 radical (unpaired) electrons. The Kier molecular flexibility index (Phi) is 3.12. The van der Waals surface area contributed by atoms with Gasteiger partial charge in [0.15, 0.2) is 0 Å². The number of amides is 1. The first-order valence-corrected chi connectivity index (χ1v) is 7.59. The Morgan fingerprint density at radius 1 is 0.870 bits per heavy atom. The number of carbonyl (C=O) groups is 1. The molecule has 0 aliphatic heterocycles. The fraction of sp³-hybridized carbons (Fsp3) is 0.0500. The zero-order chi connectivity index (χ0) is 15.8. The molecule has 0 saturated heterocycles. The topological polar surface area (TPSA) is 55.1 Å². The Balaban J connectivity index is 1.68. The standard InChI is InChI=1S/C20H16N2O/c21-14-8-10-15(11-9-14)22-20(23)18-7-3-6-17-16-5-2-1-4-13(16)12-19(17)18/h1-11H,12,21H2,(H,22,23). The molecular formula is C20H16N2O. The van der Waals surface area contributed by atoms with E-state index >= 15 is 0 Å². The van der Waals surface area contributed by atoms with Crippen molar-refractivity contribution < 1.29 is 4.79 Å². The van der Waals surface area contributed by atoms with Gasteiger partial charge in [-0.05, 0) is 59.0 Å². The first-order chi connectivity index (χ1) is 11.2. The first-order valence-electron chi connectivity index (χ1n) is 7.59. The lowest BCUT2D eigenvalue weighted by Gasteiger charge is -2.10. The van der Waals surface area contributed by atoms with Crippen LogP contribution in [0.25, 0.3) is 11.1 Å². The largest absolute Gasteiger partial charge is 0.399 e. The van der Waals surface area contributed by atoms with Crippen LogP contribution in [0, 0.1) is 0 Å². The van der Waals surface area contributed by atoms with Crippen LogP contribution < -0.4 is 11.1 Å². The molecule has 0 aromatic heterocycles. The van der Waals surface area contributed by atoms with Gasteiger partial charge in [0.05, 0.1) is 0 Å². The van der Waals surface area contributed by atoms with Gasteiger partial charge in [0.1, 0.15) is 0 Å². The molecule has 23 heavy (non-hydrogen) atoms. The van der Waals surface area contributed by atoms with Crippen molar-refractivity contribution >= 4 is 17.3 Å². The van der Waals surface area contributed by atoms with E-state index in [0.29, 0.717) is 5.69 Å². The lowest BCUT2D eigenvalue weighted by Crippen LogP contribution is -2.14. The van der Waals surface area contributed by atoms with Crippen LogP contribution in [0.2, 0.25) is 0 Å². The van der Waals surface area contributed by atoms with Crippen molar-refractivity contribution in [1.82, 2.24) is 0 Å². The second kappa shape index (κ2) is 5.29. The van der Waals surface area contributed by atoms with Gasteiger partial charge in [-0.3, -0.25) is 4.79 Å². The van der Waals surface area contributed by atoms with Gasteiger partial charge in [-0.1, -0.05) is 36.4 Å².